The third-order valence-electron chi connectivity index (χ3n) is 3.87. The molecule has 0 radical (unpaired) electrons. The van der Waals surface area contributed by atoms with Gasteiger partial charge in [0.15, 0.2) is 10.9 Å². The third kappa shape index (κ3) is 4.98. The highest BCUT2D eigenvalue weighted by atomic mass is 32.2. The molecule has 0 bridgehead atoms. The van der Waals surface area contributed by atoms with Crippen molar-refractivity contribution in [2.24, 2.45) is 0 Å². The number of aromatic nitrogens is 2. The number of carbonyl (C=O) groups excluding carboxylic acids is 2. The van der Waals surface area contributed by atoms with Gasteiger partial charge in [0.05, 0.1) is 24.8 Å². The number of anilines is 1. The molecule has 2 N–H and O–H groups in total. The number of amides is 1. The molecule has 1 amide bonds. The van der Waals surface area contributed by atoms with Crippen molar-refractivity contribution >= 4 is 29.1 Å². The lowest BCUT2D eigenvalue weighted by Gasteiger charge is -2.05. The predicted molar refractivity (Wildman–Crippen MR) is 106 cm³/mol. The zero-order valence-corrected chi connectivity index (χ0v) is 15.8. The number of nitrogens with zero attached hydrogens (tertiary/aromatic N) is 1. The summed E-state index contributed by atoms with van der Waals surface area (Å²) in [5.41, 5.74) is 3.14. The molecule has 3 rings (SSSR count). The van der Waals surface area contributed by atoms with Crippen LogP contribution in [0.15, 0.2) is 59.9 Å². The predicted octanol–water partition coefficient (Wildman–Crippen LogP) is 4.02. The molecule has 0 saturated carbocycles. The van der Waals surface area contributed by atoms with E-state index < -0.39 is 0 Å². The molecular formula is C20H19N3O3S. The summed E-state index contributed by atoms with van der Waals surface area (Å²) in [6, 6.07) is 14.5. The lowest BCUT2D eigenvalue weighted by Crippen LogP contribution is -2.14. The monoisotopic (exact) mass is 381 g/mol. The van der Waals surface area contributed by atoms with Gasteiger partial charge in [0.25, 0.3) is 0 Å². The van der Waals surface area contributed by atoms with Crippen LogP contribution in [0.2, 0.25) is 0 Å². The number of ether oxygens (including phenoxy) is 1. The summed E-state index contributed by atoms with van der Waals surface area (Å²) in [6.45, 7) is 1.51. The topological polar surface area (TPSA) is 84.1 Å². The normalized spacial score (nSPS) is 10.4. The van der Waals surface area contributed by atoms with Gasteiger partial charge in [-0.05, 0) is 61.0 Å². The van der Waals surface area contributed by atoms with Gasteiger partial charge in [0.2, 0.25) is 5.91 Å². The molecule has 0 aliphatic carbocycles. The first kappa shape index (κ1) is 18.7. The van der Waals surface area contributed by atoms with Gasteiger partial charge in [-0.3, -0.25) is 9.59 Å². The lowest BCUT2D eigenvalue weighted by atomic mass is 10.1. The van der Waals surface area contributed by atoms with E-state index in [2.05, 4.69) is 15.3 Å². The van der Waals surface area contributed by atoms with Crippen LogP contribution < -0.4 is 10.1 Å². The van der Waals surface area contributed by atoms with Crippen LogP contribution in [0.1, 0.15) is 17.3 Å². The Balaban J connectivity index is 1.54. The molecular weight excluding hydrogens is 362 g/mol. The molecule has 0 saturated heterocycles. The minimum Gasteiger partial charge on any atom is -0.497 e. The highest BCUT2D eigenvalue weighted by Gasteiger charge is 2.08. The molecule has 7 heteroatoms. The number of carbonyl (C=O) groups is 2. The number of thioether (sulfide) groups is 1. The Morgan fingerprint density at radius 2 is 1.81 bits per heavy atom. The molecule has 3 aromatic rings. The van der Waals surface area contributed by atoms with E-state index in [-0.39, 0.29) is 17.4 Å². The van der Waals surface area contributed by atoms with E-state index in [1.54, 1.807) is 37.6 Å². The van der Waals surface area contributed by atoms with Crippen molar-refractivity contribution in [3.05, 3.63) is 60.3 Å². The van der Waals surface area contributed by atoms with Crippen LogP contribution in [0.3, 0.4) is 0 Å². The van der Waals surface area contributed by atoms with Crippen molar-refractivity contribution in [1.82, 2.24) is 9.97 Å². The highest BCUT2D eigenvalue weighted by Crippen LogP contribution is 2.23. The SMILES string of the molecule is COc1ccc(-c2cnc(SCC(=O)Nc3ccc(C(C)=O)cc3)[nH]2)cc1. The maximum absolute atomic E-state index is 12.1. The molecule has 0 fully saturated rings. The van der Waals surface area contributed by atoms with Crippen LogP contribution in [0, 0.1) is 0 Å². The minimum atomic E-state index is -0.141. The zero-order chi connectivity index (χ0) is 19.2. The number of hydrogen-bond donors (Lipinski definition) is 2. The van der Waals surface area contributed by atoms with Crippen molar-refractivity contribution < 1.29 is 14.3 Å². The second-order valence-electron chi connectivity index (χ2n) is 5.80. The first-order chi connectivity index (χ1) is 13.0. The summed E-state index contributed by atoms with van der Waals surface area (Å²) in [5.74, 6) is 0.872. The molecule has 2 aromatic carbocycles. The van der Waals surface area contributed by atoms with E-state index in [1.807, 2.05) is 24.3 Å². The number of aromatic amines is 1. The maximum Gasteiger partial charge on any atom is 0.234 e. The molecule has 0 atom stereocenters. The van der Waals surface area contributed by atoms with Gasteiger partial charge in [0, 0.05) is 11.3 Å². The number of benzene rings is 2. The first-order valence-electron chi connectivity index (χ1n) is 8.28. The molecule has 1 heterocycles. The number of ketones is 1. The van der Waals surface area contributed by atoms with E-state index in [0.717, 1.165) is 17.0 Å². The Labute approximate surface area is 161 Å². The summed E-state index contributed by atoms with van der Waals surface area (Å²) in [5, 5.41) is 3.47. The van der Waals surface area contributed by atoms with Crippen LogP contribution >= 0.6 is 11.8 Å². The molecule has 0 aliphatic rings. The Hall–Kier alpha value is -3.06. The molecule has 27 heavy (non-hydrogen) atoms. The van der Waals surface area contributed by atoms with Crippen molar-refractivity contribution in [2.45, 2.75) is 12.1 Å². The maximum atomic E-state index is 12.1. The van der Waals surface area contributed by atoms with Crippen LogP contribution in [0.4, 0.5) is 5.69 Å². The third-order valence-corrected chi connectivity index (χ3v) is 4.76. The van der Waals surface area contributed by atoms with Gasteiger partial charge in [-0.2, -0.15) is 0 Å². The standard InChI is InChI=1S/C20H19N3O3S/c1-13(24)14-3-7-16(8-4-14)22-19(25)12-27-20-21-11-18(23-20)15-5-9-17(26-2)10-6-15/h3-11H,12H2,1-2H3,(H,21,23)(H,22,25). The number of nitrogens with one attached hydrogen (secondary N) is 2. The summed E-state index contributed by atoms with van der Waals surface area (Å²) < 4.78 is 5.15. The first-order valence-corrected chi connectivity index (χ1v) is 9.27. The second-order valence-corrected chi connectivity index (χ2v) is 6.76. The Morgan fingerprint density at radius 1 is 1.11 bits per heavy atom. The average molecular weight is 381 g/mol. The van der Waals surface area contributed by atoms with Crippen molar-refractivity contribution in [3.8, 4) is 17.0 Å². The molecule has 138 valence electrons. The Kier molecular flexibility index (Phi) is 5.93. The lowest BCUT2D eigenvalue weighted by molar-refractivity contribution is -0.113. The summed E-state index contributed by atoms with van der Waals surface area (Å²) >= 11 is 1.32. The minimum absolute atomic E-state index is 0.00563. The van der Waals surface area contributed by atoms with Crippen LogP contribution in [-0.4, -0.2) is 34.5 Å². The van der Waals surface area contributed by atoms with Crippen LogP contribution in [0.25, 0.3) is 11.3 Å². The van der Waals surface area contributed by atoms with Crippen molar-refractivity contribution in [2.75, 3.05) is 18.2 Å². The van der Waals surface area contributed by atoms with Gasteiger partial charge >= 0.3 is 0 Å². The van der Waals surface area contributed by atoms with Crippen molar-refractivity contribution in [1.29, 1.82) is 0 Å². The fraction of sp³-hybridized carbons (Fsp3) is 0.150. The van der Waals surface area contributed by atoms with Gasteiger partial charge in [0.1, 0.15) is 5.75 Å². The molecule has 0 aliphatic heterocycles. The summed E-state index contributed by atoms with van der Waals surface area (Å²) in [7, 11) is 1.63. The Morgan fingerprint density at radius 3 is 2.44 bits per heavy atom. The van der Waals surface area contributed by atoms with Gasteiger partial charge < -0.3 is 15.0 Å². The van der Waals surface area contributed by atoms with Crippen LogP contribution in [-0.2, 0) is 4.79 Å². The molecule has 1 aromatic heterocycles. The largest absolute Gasteiger partial charge is 0.497 e. The van der Waals surface area contributed by atoms with Gasteiger partial charge in [-0.25, -0.2) is 4.98 Å². The van der Waals surface area contributed by atoms with Gasteiger partial charge in [-0.1, -0.05) is 11.8 Å². The summed E-state index contributed by atoms with van der Waals surface area (Å²) in [6.07, 6.45) is 1.74. The van der Waals surface area contributed by atoms with E-state index in [1.165, 1.54) is 18.7 Å². The highest BCUT2D eigenvalue weighted by molar-refractivity contribution is 7.99. The fourth-order valence-electron chi connectivity index (χ4n) is 2.41. The number of hydrogen-bond acceptors (Lipinski definition) is 5. The zero-order valence-electron chi connectivity index (χ0n) is 15.0. The van der Waals surface area contributed by atoms with E-state index in [0.29, 0.717) is 16.4 Å². The molecule has 0 spiro atoms. The Bertz CT molecular complexity index is 934. The number of rotatable bonds is 7. The smallest absolute Gasteiger partial charge is 0.234 e. The van der Waals surface area contributed by atoms with E-state index in [9.17, 15) is 9.59 Å². The number of imidazole rings is 1. The van der Waals surface area contributed by atoms with Gasteiger partial charge in [-0.15, -0.1) is 0 Å². The van der Waals surface area contributed by atoms with Crippen molar-refractivity contribution in [3.63, 3.8) is 0 Å². The molecule has 6 nitrogen and oxygen atoms in total. The second kappa shape index (κ2) is 8.55. The van der Waals surface area contributed by atoms with Crippen LogP contribution in [0.5, 0.6) is 5.75 Å². The van der Waals surface area contributed by atoms with E-state index in [4.69, 9.17) is 4.74 Å². The summed E-state index contributed by atoms with van der Waals surface area (Å²) in [4.78, 5) is 30.9. The number of Topliss-reactive ketones (excluding diaryl/α,β-unsaturated/α-hetero) is 1. The molecule has 0 unspecified atom stereocenters. The fourth-order valence-corrected chi connectivity index (χ4v) is 3.06. The number of methoxy groups -OCH3 is 1. The quantitative estimate of drug-likeness (QED) is 0.477. The average Bonchev–Trinajstić information content (AvgIpc) is 3.16. The number of H-pyrrole nitrogens is 1. The van der Waals surface area contributed by atoms with E-state index >= 15 is 0 Å².